The predicted octanol–water partition coefficient (Wildman–Crippen LogP) is 5.36. The largest absolute Gasteiger partial charge is 0.497 e. The van der Waals surface area contributed by atoms with E-state index in [1.807, 2.05) is 48.5 Å². The van der Waals surface area contributed by atoms with Gasteiger partial charge in [0.05, 0.1) is 19.3 Å². The summed E-state index contributed by atoms with van der Waals surface area (Å²) in [4.78, 5) is 20.3. The highest BCUT2D eigenvalue weighted by Gasteiger charge is 2.14. The molecule has 0 saturated heterocycles. The van der Waals surface area contributed by atoms with Crippen molar-refractivity contribution in [3.05, 3.63) is 86.2 Å². The van der Waals surface area contributed by atoms with Gasteiger partial charge in [0.2, 0.25) is 4.96 Å². The third kappa shape index (κ3) is 5.29. The SMILES string of the molecule is CCCCc1nn2c(=O)cc(CN(Cc3ccc(OC)cc3)c3ccc(Cl)cc3)nc2s1. The normalized spacial score (nSPS) is 11.1. The van der Waals surface area contributed by atoms with Gasteiger partial charge in [0.25, 0.3) is 5.56 Å². The first-order chi connectivity index (χ1) is 15.6. The molecule has 0 amide bonds. The molecule has 0 aliphatic rings. The Morgan fingerprint density at radius 1 is 1.09 bits per heavy atom. The van der Waals surface area contributed by atoms with Crippen LogP contribution >= 0.6 is 22.9 Å². The van der Waals surface area contributed by atoms with Crippen LogP contribution in [0.4, 0.5) is 5.69 Å². The number of methoxy groups -OCH3 is 1. The number of fused-ring (bicyclic) bond motifs is 1. The molecule has 0 fully saturated rings. The van der Waals surface area contributed by atoms with Crippen molar-refractivity contribution in [1.29, 1.82) is 0 Å². The first-order valence-electron chi connectivity index (χ1n) is 10.6. The van der Waals surface area contributed by atoms with Crippen LogP contribution in [0, 0.1) is 0 Å². The molecule has 6 nitrogen and oxygen atoms in total. The lowest BCUT2D eigenvalue weighted by atomic mass is 10.1. The van der Waals surface area contributed by atoms with E-state index in [1.165, 1.54) is 15.9 Å². The van der Waals surface area contributed by atoms with Crippen molar-refractivity contribution in [2.75, 3.05) is 12.0 Å². The third-order valence-electron chi connectivity index (χ3n) is 5.16. The van der Waals surface area contributed by atoms with Gasteiger partial charge in [0, 0.05) is 29.7 Å². The second kappa shape index (κ2) is 10.1. The summed E-state index contributed by atoms with van der Waals surface area (Å²) >= 11 is 7.59. The topological polar surface area (TPSA) is 59.7 Å². The summed E-state index contributed by atoms with van der Waals surface area (Å²) in [7, 11) is 1.66. The number of aryl methyl sites for hydroxylation is 1. The molecule has 8 heteroatoms. The van der Waals surface area contributed by atoms with Gasteiger partial charge in [-0.15, -0.1) is 0 Å². The van der Waals surface area contributed by atoms with Crippen LogP contribution in [-0.4, -0.2) is 21.7 Å². The number of benzene rings is 2. The Labute approximate surface area is 196 Å². The Morgan fingerprint density at radius 3 is 2.53 bits per heavy atom. The van der Waals surface area contributed by atoms with Crippen molar-refractivity contribution < 1.29 is 4.74 Å². The van der Waals surface area contributed by atoms with Gasteiger partial charge >= 0.3 is 0 Å². The summed E-state index contributed by atoms with van der Waals surface area (Å²) in [5.74, 6) is 0.816. The highest BCUT2D eigenvalue weighted by atomic mass is 35.5. The molecule has 2 heterocycles. The molecule has 0 aliphatic carbocycles. The summed E-state index contributed by atoms with van der Waals surface area (Å²) in [6, 6.07) is 17.2. The Morgan fingerprint density at radius 2 is 1.84 bits per heavy atom. The number of hydrogen-bond donors (Lipinski definition) is 0. The van der Waals surface area contributed by atoms with E-state index in [2.05, 4.69) is 16.9 Å². The molecule has 0 atom stereocenters. The number of aromatic nitrogens is 3. The quantitative estimate of drug-likeness (QED) is 0.331. The van der Waals surface area contributed by atoms with Crippen LogP contribution in [-0.2, 0) is 19.5 Å². The van der Waals surface area contributed by atoms with Gasteiger partial charge in [0.15, 0.2) is 0 Å². The van der Waals surface area contributed by atoms with Gasteiger partial charge < -0.3 is 9.64 Å². The van der Waals surface area contributed by atoms with Gasteiger partial charge in [-0.25, -0.2) is 4.98 Å². The summed E-state index contributed by atoms with van der Waals surface area (Å²) in [5.41, 5.74) is 2.69. The van der Waals surface area contributed by atoms with Crippen LogP contribution < -0.4 is 15.2 Å². The van der Waals surface area contributed by atoms with E-state index in [0.29, 0.717) is 28.8 Å². The van der Waals surface area contributed by atoms with Crippen molar-refractivity contribution in [2.24, 2.45) is 0 Å². The molecular weight excluding hydrogens is 444 g/mol. The number of nitrogens with zero attached hydrogens (tertiary/aromatic N) is 4. The Hall–Kier alpha value is -2.90. The number of rotatable bonds is 9. The van der Waals surface area contributed by atoms with Gasteiger partial charge in [-0.05, 0) is 48.4 Å². The third-order valence-corrected chi connectivity index (χ3v) is 6.38. The molecule has 32 heavy (non-hydrogen) atoms. The van der Waals surface area contributed by atoms with Crippen molar-refractivity contribution in [2.45, 2.75) is 39.3 Å². The number of anilines is 1. The predicted molar refractivity (Wildman–Crippen MR) is 130 cm³/mol. The maximum absolute atomic E-state index is 12.7. The molecule has 0 saturated carbocycles. The lowest BCUT2D eigenvalue weighted by Crippen LogP contribution is -2.25. The van der Waals surface area contributed by atoms with Crippen LogP contribution in [0.3, 0.4) is 0 Å². The van der Waals surface area contributed by atoms with E-state index < -0.39 is 0 Å². The van der Waals surface area contributed by atoms with E-state index in [1.54, 1.807) is 13.2 Å². The van der Waals surface area contributed by atoms with Crippen molar-refractivity contribution in [1.82, 2.24) is 14.6 Å². The second-order valence-corrected chi connectivity index (χ2v) is 9.04. The number of unbranched alkanes of at least 4 members (excludes halogenated alkanes) is 1. The van der Waals surface area contributed by atoms with E-state index in [4.69, 9.17) is 21.3 Å². The average molecular weight is 469 g/mol. The molecule has 0 spiro atoms. The Bertz CT molecular complexity index is 1240. The van der Waals surface area contributed by atoms with E-state index >= 15 is 0 Å². The maximum atomic E-state index is 12.7. The summed E-state index contributed by atoms with van der Waals surface area (Å²) < 4.78 is 6.68. The molecule has 4 aromatic rings. The van der Waals surface area contributed by atoms with Crippen molar-refractivity contribution in [3.8, 4) is 5.75 Å². The molecular formula is C24H25ClN4O2S. The Kier molecular flexibility index (Phi) is 7.07. The summed E-state index contributed by atoms with van der Waals surface area (Å²) in [5, 5.41) is 6.07. The van der Waals surface area contributed by atoms with E-state index in [0.717, 1.165) is 41.3 Å². The fraction of sp³-hybridized carbons (Fsp3) is 0.292. The number of halogens is 1. The zero-order valence-electron chi connectivity index (χ0n) is 18.1. The van der Waals surface area contributed by atoms with E-state index in [-0.39, 0.29) is 5.56 Å². The molecule has 2 aromatic heterocycles. The van der Waals surface area contributed by atoms with Gasteiger partial charge in [-0.3, -0.25) is 4.79 Å². The van der Waals surface area contributed by atoms with Crippen molar-refractivity contribution >= 4 is 33.6 Å². The fourth-order valence-electron chi connectivity index (χ4n) is 3.44. The monoisotopic (exact) mass is 468 g/mol. The number of hydrogen-bond acceptors (Lipinski definition) is 6. The molecule has 2 aromatic carbocycles. The minimum Gasteiger partial charge on any atom is -0.497 e. The van der Waals surface area contributed by atoms with Crippen LogP contribution in [0.2, 0.25) is 5.02 Å². The zero-order valence-corrected chi connectivity index (χ0v) is 19.7. The minimum absolute atomic E-state index is 0.149. The minimum atomic E-state index is -0.149. The average Bonchev–Trinajstić information content (AvgIpc) is 3.22. The van der Waals surface area contributed by atoms with Gasteiger partial charge in [0.1, 0.15) is 10.8 Å². The molecule has 0 radical (unpaired) electrons. The first-order valence-corrected chi connectivity index (χ1v) is 11.8. The molecule has 4 rings (SSSR count). The highest BCUT2D eigenvalue weighted by Crippen LogP contribution is 2.23. The molecule has 166 valence electrons. The standard InChI is InChI=1S/C24H25ClN4O2S/c1-3-4-5-22-27-29-23(30)14-19(26-24(29)32-22)16-28(20-10-8-18(25)9-11-20)15-17-6-12-21(31-2)13-7-17/h6-14H,3-5,15-16H2,1-2H3. The Balaban J connectivity index is 1.64. The molecule has 0 bridgehead atoms. The second-order valence-electron chi connectivity index (χ2n) is 7.56. The lowest BCUT2D eigenvalue weighted by molar-refractivity contribution is 0.414. The maximum Gasteiger partial charge on any atom is 0.275 e. The fourth-order valence-corrected chi connectivity index (χ4v) is 4.53. The molecule has 0 N–H and O–H groups in total. The van der Waals surface area contributed by atoms with Gasteiger partial charge in [-0.1, -0.05) is 48.4 Å². The van der Waals surface area contributed by atoms with Crippen LogP contribution in [0.25, 0.3) is 4.96 Å². The zero-order chi connectivity index (χ0) is 22.5. The summed E-state index contributed by atoms with van der Waals surface area (Å²) in [6.07, 6.45) is 3.01. The van der Waals surface area contributed by atoms with Crippen LogP contribution in [0.5, 0.6) is 5.75 Å². The van der Waals surface area contributed by atoms with E-state index in [9.17, 15) is 4.79 Å². The molecule has 0 aliphatic heterocycles. The van der Waals surface area contributed by atoms with Crippen LogP contribution in [0.1, 0.15) is 36.0 Å². The highest BCUT2D eigenvalue weighted by molar-refractivity contribution is 7.16. The summed E-state index contributed by atoms with van der Waals surface area (Å²) in [6.45, 7) is 3.28. The first kappa shape index (κ1) is 22.3. The van der Waals surface area contributed by atoms with Crippen LogP contribution in [0.15, 0.2) is 59.4 Å². The smallest absolute Gasteiger partial charge is 0.275 e. The number of ether oxygens (including phenoxy) is 1. The molecule has 0 unspecified atom stereocenters. The lowest BCUT2D eigenvalue weighted by Gasteiger charge is -2.25. The van der Waals surface area contributed by atoms with Gasteiger partial charge in [-0.2, -0.15) is 9.61 Å². The van der Waals surface area contributed by atoms with Crippen molar-refractivity contribution in [3.63, 3.8) is 0 Å².